The lowest BCUT2D eigenvalue weighted by Crippen LogP contribution is -2.33. The zero-order valence-corrected chi connectivity index (χ0v) is 17.1. The number of anilines is 2. The van der Waals surface area contributed by atoms with Crippen LogP contribution >= 0.6 is 0 Å². The van der Waals surface area contributed by atoms with Crippen molar-refractivity contribution < 1.29 is 19.1 Å². The van der Waals surface area contributed by atoms with Gasteiger partial charge in [0.05, 0.1) is 18.7 Å². The van der Waals surface area contributed by atoms with Crippen LogP contribution in [0.4, 0.5) is 16.2 Å². The van der Waals surface area contributed by atoms with Crippen molar-refractivity contribution in [3.05, 3.63) is 78.0 Å². The van der Waals surface area contributed by atoms with Crippen LogP contribution in [0, 0.1) is 6.92 Å². The van der Waals surface area contributed by atoms with Crippen molar-refractivity contribution in [1.29, 1.82) is 0 Å². The van der Waals surface area contributed by atoms with Crippen LogP contribution in [-0.4, -0.2) is 39.6 Å². The molecule has 3 amide bonds. The molecule has 0 spiro atoms. The first kappa shape index (κ1) is 20.6. The van der Waals surface area contributed by atoms with E-state index in [0.717, 1.165) is 16.8 Å². The third-order valence-electron chi connectivity index (χ3n) is 5.30. The first-order chi connectivity index (χ1) is 15.0. The maximum atomic E-state index is 12.8. The number of oxazole rings is 1. The van der Waals surface area contributed by atoms with Gasteiger partial charge in [-0.15, -0.1) is 0 Å². The fraction of sp³-hybridized carbons (Fsp3) is 0.261. The fourth-order valence-corrected chi connectivity index (χ4v) is 3.70. The van der Waals surface area contributed by atoms with E-state index in [4.69, 9.17) is 4.42 Å². The first-order valence-electron chi connectivity index (χ1n) is 10.1. The number of likely N-dealkylation sites (tertiary alicyclic amines) is 1. The molecule has 1 aromatic heterocycles. The minimum Gasteiger partial charge on any atom is -0.447 e. The van der Waals surface area contributed by atoms with Crippen molar-refractivity contribution >= 4 is 23.3 Å². The number of hydrogen-bond donors (Lipinski definition) is 3. The molecule has 0 radical (unpaired) electrons. The average molecular weight is 420 g/mol. The zero-order chi connectivity index (χ0) is 21.8. The highest BCUT2D eigenvalue weighted by Crippen LogP contribution is 2.31. The third-order valence-corrected chi connectivity index (χ3v) is 5.30. The van der Waals surface area contributed by atoms with Gasteiger partial charge in [-0.2, -0.15) is 0 Å². The molecule has 1 fully saturated rings. The average Bonchev–Trinajstić information content (AvgIpc) is 3.41. The second kappa shape index (κ2) is 9.01. The fourth-order valence-electron chi connectivity index (χ4n) is 3.70. The Balaban J connectivity index is 1.35. The van der Waals surface area contributed by atoms with Gasteiger partial charge in [-0.3, -0.25) is 4.79 Å². The lowest BCUT2D eigenvalue weighted by Gasteiger charge is -2.22. The number of amides is 3. The standard InChI is InChI=1S/C23H24N4O4/c1-15-4-2-3-5-19(15)26-23(30)25-17-8-6-16(7-9-17)12-21(29)27-14-18(28)13-20(27)22-24-10-11-31-22/h2-11,18,20,28H,12-14H2,1H3,(H2,25,26,30). The van der Waals surface area contributed by atoms with E-state index in [1.165, 1.54) is 12.5 Å². The summed E-state index contributed by atoms with van der Waals surface area (Å²) in [6.45, 7) is 2.18. The number of hydrogen-bond acceptors (Lipinski definition) is 5. The molecule has 1 saturated heterocycles. The quantitative estimate of drug-likeness (QED) is 0.586. The number of rotatable bonds is 5. The van der Waals surface area contributed by atoms with Gasteiger partial charge in [-0.05, 0) is 36.2 Å². The zero-order valence-electron chi connectivity index (χ0n) is 17.1. The van der Waals surface area contributed by atoms with Crippen molar-refractivity contribution in [2.75, 3.05) is 17.2 Å². The number of aliphatic hydroxyl groups is 1. The minimum atomic E-state index is -0.598. The number of nitrogens with zero attached hydrogens (tertiary/aromatic N) is 2. The number of carbonyl (C=O) groups excluding carboxylic acids is 2. The summed E-state index contributed by atoms with van der Waals surface area (Å²) in [6.07, 6.45) is 2.98. The number of urea groups is 1. The van der Waals surface area contributed by atoms with Gasteiger partial charge in [0, 0.05) is 24.3 Å². The maximum Gasteiger partial charge on any atom is 0.323 e. The van der Waals surface area contributed by atoms with Gasteiger partial charge in [0.15, 0.2) is 0 Å². The van der Waals surface area contributed by atoms with E-state index in [-0.39, 0.29) is 30.9 Å². The van der Waals surface area contributed by atoms with Gasteiger partial charge in [-0.1, -0.05) is 30.3 Å². The maximum absolute atomic E-state index is 12.8. The van der Waals surface area contributed by atoms with Gasteiger partial charge in [0.2, 0.25) is 11.8 Å². The number of aryl methyl sites for hydroxylation is 1. The molecule has 3 aromatic rings. The van der Waals surface area contributed by atoms with Crippen LogP contribution in [0.15, 0.2) is 65.4 Å². The predicted molar refractivity (Wildman–Crippen MR) is 116 cm³/mol. The number of benzene rings is 2. The SMILES string of the molecule is Cc1ccccc1NC(=O)Nc1ccc(CC(=O)N2CC(O)CC2c2ncco2)cc1. The molecule has 160 valence electrons. The number of para-hydroxylation sites is 1. The molecule has 0 bridgehead atoms. The minimum absolute atomic E-state index is 0.113. The molecule has 0 aliphatic carbocycles. The van der Waals surface area contributed by atoms with E-state index < -0.39 is 6.10 Å². The molecule has 3 N–H and O–H groups in total. The smallest absolute Gasteiger partial charge is 0.323 e. The van der Waals surface area contributed by atoms with Crippen LogP contribution in [0.2, 0.25) is 0 Å². The summed E-state index contributed by atoms with van der Waals surface area (Å²) in [5.74, 6) is 0.321. The van der Waals surface area contributed by atoms with Gasteiger partial charge < -0.3 is 25.1 Å². The van der Waals surface area contributed by atoms with Crippen LogP contribution in [0.5, 0.6) is 0 Å². The second-order valence-corrected chi connectivity index (χ2v) is 7.59. The van der Waals surface area contributed by atoms with Gasteiger partial charge in [0.25, 0.3) is 0 Å². The molecule has 8 heteroatoms. The molecule has 1 aliphatic rings. The Hall–Kier alpha value is -3.65. The Morgan fingerprint density at radius 3 is 2.65 bits per heavy atom. The van der Waals surface area contributed by atoms with Crippen molar-refractivity contribution in [1.82, 2.24) is 9.88 Å². The Labute approximate surface area is 179 Å². The van der Waals surface area contributed by atoms with Crippen LogP contribution in [0.25, 0.3) is 0 Å². The summed E-state index contributed by atoms with van der Waals surface area (Å²) in [5.41, 5.74) is 3.15. The highest BCUT2D eigenvalue weighted by Gasteiger charge is 2.37. The van der Waals surface area contributed by atoms with Gasteiger partial charge in [-0.25, -0.2) is 9.78 Å². The van der Waals surface area contributed by atoms with E-state index in [9.17, 15) is 14.7 Å². The molecule has 1 aliphatic heterocycles. The summed E-state index contributed by atoms with van der Waals surface area (Å²) in [7, 11) is 0. The topological polar surface area (TPSA) is 108 Å². The molecule has 2 unspecified atom stereocenters. The highest BCUT2D eigenvalue weighted by atomic mass is 16.3. The van der Waals surface area contributed by atoms with Gasteiger partial charge in [0.1, 0.15) is 12.3 Å². The number of β-amino-alcohol motifs (C(OH)–C–C–N with tert-alkyl or cyclic N) is 1. The van der Waals surface area contributed by atoms with Gasteiger partial charge >= 0.3 is 6.03 Å². The summed E-state index contributed by atoms with van der Waals surface area (Å²) in [6, 6.07) is 13.9. The molecular weight excluding hydrogens is 396 g/mol. The lowest BCUT2D eigenvalue weighted by molar-refractivity contribution is -0.132. The van der Waals surface area contributed by atoms with Crippen LogP contribution in [0.3, 0.4) is 0 Å². The van der Waals surface area contributed by atoms with E-state index in [2.05, 4.69) is 15.6 Å². The molecule has 8 nitrogen and oxygen atoms in total. The third kappa shape index (κ3) is 4.92. The number of carbonyl (C=O) groups is 2. The number of aromatic nitrogens is 1. The van der Waals surface area contributed by atoms with E-state index in [1.807, 2.05) is 31.2 Å². The van der Waals surface area contributed by atoms with Crippen molar-refractivity contribution in [2.45, 2.75) is 31.9 Å². The molecule has 2 heterocycles. The normalized spacial score (nSPS) is 18.1. The lowest BCUT2D eigenvalue weighted by atomic mass is 10.1. The molecule has 31 heavy (non-hydrogen) atoms. The monoisotopic (exact) mass is 420 g/mol. The Bertz CT molecular complexity index is 1050. The summed E-state index contributed by atoms with van der Waals surface area (Å²) >= 11 is 0. The second-order valence-electron chi connectivity index (χ2n) is 7.59. The van der Waals surface area contributed by atoms with Crippen molar-refractivity contribution in [3.63, 3.8) is 0 Å². The Morgan fingerprint density at radius 1 is 1.16 bits per heavy atom. The Morgan fingerprint density at radius 2 is 1.94 bits per heavy atom. The predicted octanol–water partition coefficient (Wildman–Crippen LogP) is 3.50. The highest BCUT2D eigenvalue weighted by molar-refractivity contribution is 6.00. The largest absolute Gasteiger partial charge is 0.447 e. The van der Waals surface area contributed by atoms with E-state index in [1.54, 1.807) is 29.2 Å². The van der Waals surface area contributed by atoms with Crippen LogP contribution in [-0.2, 0) is 11.2 Å². The van der Waals surface area contributed by atoms with E-state index >= 15 is 0 Å². The summed E-state index contributed by atoms with van der Waals surface area (Å²) in [4.78, 5) is 30.8. The molecule has 4 rings (SSSR count). The van der Waals surface area contributed by atoms with E-state index in [0.29, 0.717) is 18.0 Å². The van der Waals surface area contributed by atoms with Crippen molar-refractivity contribution in [2.24, 2.45) is 0 Å². The first-order valence-corrected chi connectivity index (χ1v) is 10.1. The molecule has 2 atom stereocenters. The number of nitrogens with one attached hydrogen (secondary N) is 2. The van der Waals surface area contributed by atoms with Crippen molar-refractivity contribution in [3.8, 4) is 0 Å². The molecule has 2 aromatic carbocycles. The Kier molecular flexibility index (Phi) is 5.99. The van der Waals surface area contributed by atoms with Crippen LogP contribution in [0.1, 0.15) is 29.5 Å². The molecule has 0 saturated carbocycles. The number of aliphatic hydroxyl groups excluding tert-OH is 1. The van der Waals surface area contributed by atoms with Crippen LogP contribution < -0.4 is 10.6 Å². The molecular formula is C23H24N4O4. The summed E-state index contributed by atoms with van der Waals surface area (Å²) < 4.78 is 5.34. The summed E-state index contributed by atoms with van der Waals surface area (Å²) in [5, 5.41) is 15.6.